The largest absolute Gasteiger partial charge is 0.480 e. The standard InChI is InChI=1S/C19H20FNO5S/c1-13(27(25,26)16-9-7-15(20)8-10-16)11-18(22)21-17(19(23)24)12-14-5-3-2-4-6-14/h2-10,13,17H,11-12H2,1H3,(H,21,22)(H,23,24)/t13?,17-/m0/s1. The molecule has 6 nitrogen and oxygen atoms in total. The summed E-state index contributed by atoms with van der Waals surface area (Å²) in [5.41, 5.74) is 0.734. The zero-order chi connectivity index (χ0) is 20.0. The number of sulfone groups is 1. The summed E-state index contributed by atoms with van der Waals surface area (Å²) in [7, 11) is -3.84. The van der Waals surface area contributed by atoms with Crippen LogP contribution in [0.5, 0.6) is 0 Å². The maximum absolute atomic E-state index is 13.0. The maximum Gasteiger partial charge on any atom is 0.326 e. The average molecular weight is 393 g/mol. The van der Waals surface area contributed by atoms with Gasteiger partial charge in [-0.05, 0) is 36.8 Å². The van der Waals surface area contributed by atoms with Gasteiger partial charge in [-0.25, -0.2) is 17.6 Å². The highest BCUT2D eigenvalue weighted by molar-refractivity contribution is 7.92. The van der Waals surface area contributed by atoms with Crippen molar-refractivity contribution in [1.82, 2.24) is 5.32 Å². The lowest BCUT2D eigenvalue weighted by Gasteiger charge is -2.17. The summed E-state index contributed by atoms with van der Waals surface area (Å²) in [6.45, 7) is 1.35. The van der Waals surface area contributed by atoms with E-state index in [-0.39, 0.29) is 11.3 Å². The first-order valence-corrected chi connectivity index (χ1v) is 9.80. The second-order valence-corrected chi connectivity index (χ2v) is 8.53. The molecule has 0 spiro atoms. The Labute approximate surface area is 157 Å². The van der Waals surface area contributed by atoms with Crippen LogP contribution in [0.2, 0.25) is 0 Å². The second-order valence-electron chi connectivity index (χ2n) is 6.16. The molecular formula is C19H20FNO5S. The number of benzene rings is 2. The summed E-state index contributed by atoms with van der Waals surface area (Å²) in [4.78, 5) is 23.5. The van der Waals surface area contributed by atoms with E-state index in [0.29, 0.717) is 0 Å². The molecule has 1 amide bonds. The lowest BCUT2D eigenvalue weighted by molar-refractivity contribution is -0.141. The van der Waals surface area contributed by atoms with Gasteiger partial charge in [-0.3, -0.25) is 4.79 Å². The van der Waals surface area contributed by atoms with Gasteiger partial charge in [0.15, 0.2) is 9.84 Å². The lowest BCUT2D eigenvalue weighted by Crippen LogP contribution is -2.43. The van der Waals surface area contributed by atoms with Crippen molar-refractivity contribution in [3.05, 3.63) is 66.0 Å². The number of carboxylic acid groups (broad SMARTS) is 1. The Morgan fingerprint density at radius 1 is 1.07 bits per heavy atom. The highest BCUT2D eigenvalue weighted by Crippen LogP contribution is 2.18. The first kappa shape index (κ1) is 20.6. The summed E-state index contributed by atoms with van der Waals surface area (Å²) in [5.74, 6) is -2.46. The molecule has 0 aromatic heterocycles. The number of rotatable bonds is 8. The van der Waals surface area contributed by atoms with E-state index < -0.39 is 45.2 Å². The number of hydrogen-bond acceptors (Lipinski definition) is 4. The van der Waals surface area contributed by atoms with Crippen LogP contribution in [0, 0.1) is 5.82 Å². The molecule has 2 rings (SSSR count). The minimum absolute atomic E-state index is 0.0843. The second kappa shape index (κ2) is 8.77. The molecule has 0 radical (unpaired) electrons. The fourth-order valence-corrected chi connectivity index (χ4v) is 3.88. The number of aliphatic carboxylic acids is 1. The van der Waals surface area contributed by atoms with Crippen molar-refractivity contribution in [3.8, 4) is 0 Å². The van der Waals surface area contributed by atoms with Gasteiger partial charge in [0.2, 0.25) is 5.91 Å². The molecule has 2 aromatic carbocycles. The van der Waals surface area contributed by atoms with E-state index in [0.717, 1.165) is 29.8 Å². The number of carbonyl (C=O) groups excluding carboxylic acids is 1. The average Bonchev–Trinajstić information content (AvgIpc) is 2.62. The number of halogens is 1. The van der Waals surface area contributed by atoms with E-state index in [1.807, 2.05) is 0 Å². The molecule has 0 aliphatic heterocycles. The molecule has 27 heavy (non-hydrogen) atoms. The van der Waals surface area contributed by atoms with Crippen LogP contribution in [-0.2, 0) is 25.8 Å². The third kappa shape index (κ3) is 5.62. The molecule has 0 fully saturated rings. The molecule has 0 aliphatic rings. The summed E-state index contributed by atoms with van der Waals surface area (Å²) >= 11 is 0. The zero-order valence-corrected chi connectivity index (χ0v) is 15.4. The van der Waals surface area contributed by atoms with E-state index >= 15 is 0 Å². The van der Waals surface area contributed by atoms with Crippen LogP contribution < -0.4 is 5.32 Å². The molecule has 2 aromatic rings. The predicted octanol–water partition coefficient (Wildman–Crippen LogP) is 2.19. The highest BCUT2D eigenvalue weighted by Gasteiger charge is 2.28. The Morgan fingerprint density at radius 3 is 2.22 bits per heavy atom. The van der Waals surface area contributed by atoms with Crippen molar-refractivity contribution >= 4 is 21.7 Å². The van der Waals surface area contributed by atoms with Gasteiger partial charge in [0.25, 0.3) is 0 Å². The third-order valence-electron chi connectivity index (χ3n) is 4.06. The Bertz CT molecular complexity index is 897. The predicted molar refractivity (Wildman–Crippen MR) is 97.4 cm³/mol. The normalized spacial score (nSPS) is 13.6. The number of nitrogens with one attached hydrogen (secondary N) is 1. The van der Waals surface area contributed by atoms with Crippen LogP contribution in [-0.4, -0.2) is 36.7 Å². The molecule has 144 valence electrons. The maximum atomic E-state index is 13.0. The Kier molecular flexibility index (Phi) is 6.68. The molecule has 0 heterocycles. The first-order valence-electron chi connectivity index (χ1n) is 8.25. The summed E-state index contributed by atoms with van der Waals surface area (Å²) in [6, 6.07) is 11.9. The number of amides is 1. The Morgan fingerprint density at radius 2 is 1.67 bits per heavy atom. The van der Waals surface area contributed by atoms with Crippen LogP contribution >= 0.6 is 0 Å². The van der Waals surface area contributed by atoms with Gasteiger partial charge < -0.3 is 10.4 Å². The van der Waals surface area contributed by atoms with Gasteiger partial charge in [0.1, 0.15) is 11.9 Å². The van der Waals surface area contributed by atoms with Gasteiger partial charge in [-0.2, -0.15) is 0 Å². The lowest BCUT2D eigenvalue weighted by atomic mass is 10.1. The number of carbonyl (C=O) groups is 2. The van der Waals surface area contributed by atoms with Gasteiger partial charge in [0.05, 0.1) is 10.1 Å². The quantitative estimate of drug-likeness (QED) is 0.670. The van der Waals surface area contributed by atoms with Crippen molar-refractivity contribution in [2.75, 3.05) is 0 Å². The molecule has 2 N–H and O–H groups in total. The van der Waals surface area contributed by atoms with Gasteiger partial charge in [-0.15, -0.1) is 0 Å². The minimum atomic E-state index is -3.84. The van der Waals surface area contributed by atoms with Crippen molar-refractivity contribution in [1.29, 1.82) is 0 Å². The molecule has 8 heteroatoms. The van der Waals surface area contributed by atoms with Crippen LogP contribution in [0.4, 0.5) is 4.39 Å². The van der Waals surface area contributed by atoms with E-state index in [2.05, 4.69) is 5.32 Å². The fourth-order valence-electron chi connectivity index (χ4n) is 2.53. The summed E-state index contributed by atoms with van der Waals surface area (Å²) in [5, 5.41) is 10.6. The van der Waals surface area contributed by atoms with Crippen molar-refractivity contribution in [3.63, 3.8) is 0 Å². The molecule has 0 saturated carbocycles. The Balaban J connectivity index is 2.03. The van der Waals surface area contributed by atoms with E-state index in [1.165, 1.54) is 6.92 Å². The summed E-state index contributed by atoms with van der Waals surface area (Å²) in [6.07, 6.45) is -0.320. The van der Waals surface area contributed by atoms with Gasteiger partial charge in [-0.1, -0.05) is 30.3 Å². The topological polar surface area (TPSA) is 101 Å². The summed E-state index contributed by atoms with van der Waals surface area (Å²) < 4.78 is 37.9. The minimum Gasteiger partial charge on any atom is -0.480 e. The first-order chi connectivity index (χ1) is 12.7. The van der Waals surface area contributed by atoms with Gasteiger partial charge in [0, 0.05) is 12.8 Å². The number of hydrogen-bond donors (Lipinski definition) is 2. The monoisotopic (exact) mass is 393 g/mol. The van der Waals surface area contributed by atoms with Gasteiger partial charge >= 0.3 is 5.97 Å². The van der Waals surface area contributed by atoms with E-state index in [1.54, 1.807) is 30.3 Å². The van der Waals surface area contributed by atoms with Crippen LogP contribution in [0.25, 0.3) is 0 Å². The van der Waals surface area contributed by atoms with E-state index in [4.69, 9.17) is 0 Å². The van der Waals surface area contributed by atoms with E-state index in [9.17, 15) is 27.5 Å². The van der Waals surface area contributed by atoms with Crippen molar-refractivity contribution in [2.24, 2.45) is 0 Å². The molecule has 0 saturated heterocycles. The third-order valence-corrected chi connectivity index (χ3v) is 6.22. The van der Waals surface area contributed by atoms with Crippen molar-refractivity contribution < 1.29 is 27.5 Å². The molecule has 0 bridgehead atoms. The SMILES string of the molecule is CC(CC(=O)N[C@@H](Cc1ccccc1)C(=O)O)S(=O)(=O)c1ccc(F)cc1. The number of carboxylic acids is 1. The molecular weight excluding hydrogens is 373 g/mol. The van der Waals surface area contributed by atoms with Crippen LogP contribution in [0.3, 0.4) is 0 Å². The fraction of sp³-hybridized carbons (Fsp3) is 0.263. The zero-order valence-electron chi connectivity index (χ0n) is 14.6. The molecule has 0 aliphatic carbocycles. The smallest absolute Gasteiger partial charge is 0.326 e. The molecule has 2 atom stereocenters. The van der Waals surface area contributed by atoms with Crippen molar-refractivity contribution in [2.45, 2.75) is 36.0 Å². The van der Waals surface area contributed by atoms with Crippen LogP contribution in [0.15, 0.2) is 59.5 Å². The Hall–Kier alpha value is -2.74. The molecule has 1 unspecified atom stereocenters. The highest BCUT2D eigenvalue weighted by atomic mass is 32.2. The van der Waals surface area contributed by atoms with Crippen LogP contribution in [0.1, 0.15) is 18.9 Å².